The van der Waals surface area contributed by atoms with Gasteiger partial charge < -0.3 is 0 Å². The fourth-order valence-corrected chi connectivity index (χ4v) is 2.82. The molecule has 0 amide bonds. The number of rotatable bonds is 4. The lowest BCUT2D eigenvalue weighted by Crippen LogP contribution is -2.33. The zero-order chi connectivity index (χ0) is 12.5. The highest BCUT2D eigenvalue weighted by Crippen LogP contribution is 2.38. The number of ketones is 1. The molecule has 18 heavy (non-hydrogen) atoms. The lowest BCUT2D eigenvalue weighted by molar-refractivity contribution is -0.125. The van der Waals surface area contributed by atoms with Gasteiger partial charge in [-0.1, -0.05) is 18.2 Å². The number of halogens is 1. The zero-order valence-corrected chi connectivity index (χ0v) is 10.4. The quantitative estimate of drug-likeness (QED) is 0.815. The number of carbonyl (C=O) groups excluding carboxylic acids is 1. The van der Waals surface area contributed by atoms with Gasteiger partial charge in [-0.3, -0.25) is 9.69 Å². The average molecular weight is 247 g/mol. The Balaban J connectivity index is 1.93. The van der Waals surface area contributed by atoms with Crippen molar-refractivity contribution in [1.29, 1.82) is 0 Å². The highest BCUT2D eigenvalue weighted by Gasteiger charge is 2.39. The van der Waals surface area contributed by atoms with E-state index in [0.717, 1.165) is 38.8 Å². The molecule has 1 aliphatic carbocycles. The third-order valence-electron chi connectivity index (χ3n) is 3.95. The number of Topliss-reactive ketones (excluding diaryl/α,β-unsaturated/α-hetero) is 1. The van der Waals surface area contributed by atoms with Crippen LogP contribution in [0.4, 0.5) is 4.39 Å². The van der Waals surface area contributed by atoms with E-state index >= 15 is 0 Å². The molecule has 1 aromatic rings. The first-order chi connectivity index (χ1) is 8.77. The summed E-state index contributed by atoms with van der Waals surface area (Å²) in [5.41, 5.74) is 0.566. The van der Waals surface area contributed by atoms with Crippen molar-refractivity contribution in [1.82, 2.24) is 4.90 Å². The minimum absolute atomic E-state index is 0.176. The molecule has 1 unspecified atom stereocenters. The van der Waals surface area contributed by atoms with Gasteiger partial charge in [0.1, 0.15) is 5.82 Å². The van der Waals surface area contributed by atoms with E-state index < -0.39 is 0 Å². The molecule has 0 aromatic heterocycles. The second kappa shape index (κ2) is 4.81. The van der Waals surface area contributed by atoms with Crippen LogP contribution in [0.2, 0.25) is 0 Å². The summed E-state index contributed by atoms with van der Waals surface area (Å²) >= 11 is 0. The van der Waals surface area contributed by atoms with Crippen molar-refractivity contribution in [3.8, 4) is 0 Å². The Morgan fingerprint density at radius 2 is 1.89 bits per heavy atom. The maximum Gasteiger partial charge on any atom is 0.157 e. The summed E-state index contributed by atoms with van der Waals surface area (Å²) in [5.74, 6) is 0.153. The van der Waals surface area contributed by atoms with Crippen molar-refractivity contribution in [2.24, 2.45) is 5.92 Å². The van der Waals surface area contributed by atoms with Crippen LogP contribution in [0.1, 0.15) is 37.3 Å². The molecule has 3 rings (SSSR count). The molecule has 2 fully saturated rings. The maximum absolute atomic E-state index is 14.0. The van der Waals surface area contributed by atoms with E-state index in [9.17, 15) is 9.18 Å². The van der Waals surface area contributed by atoms with E-state index in [1.54, 1.807) is 12.1 Å². The van der Waals surface area contributed by atoms with Crippen molar-refractivity contribution >= 4 is 5.78 Å². The topological polar surface area (TPSA) is 20.3 Å². The van der Waals surface area contributed by atoms with Gasteiger partial charge in [0, 0.05) is 11.5 Å². The van der Waals surface area contributed by atoms with Crippen molar-refractivity contribution in [3.63, 3.8) is 0 Å². The maximum atomic E-state index is 14.0. The van der Waals surface area contributed by atoms with Crippen LogP contribution in [0, 0.1) is 11.7 Å². The third-order valence-corrected chi connectivity index (χ3v) is 3.95. The van der Waals surface area contributed by atoms with Gasteiger partial charge in [-0.2, -0.15) is 0 Å². The van der Waals surface area contributed by atoms with Gasteiger partial charge in [-0.05, 0) is 44.8 Å². The number of nitrogens with zero attached hydrogens (tertiary/aromatic N) is 1. The van der Waals surface area contributed by atoms with Gasteiger partial charge in [0.25, 0.3) is 0 Å². The molecule has 0 bridgehead atoms. The van der Waals surface area contributed by atoms with Crippen LogP contribution in [-0.4, -0.2) is 23.8 Å². The molecule has 0 N–H and O–H groups in total. The van der Waals surface area contributed by atoms with Crippen LogP contribution in [0.5, 0.6) is 0 Å². The van der Waals surface area contributed by atoms with E-state index in [-0.39, 0.29) is 23.6 Å². The van der Waals surface area contributed by atoms with Crippen LogP contribution in [0.3, 0.4) is 0 Å². The van der Waals surface area contributed by atoms with E-state index in [2.05, 4.69) is 4.90 Å². The predicted molar refractivity (Wildman–Crippen MR) is 67.7 cm³/mol. The van der Waals surface area contributed by atoms with Gasteiger partial charge in [-0.15, -0.1) is 0 Å². The third kappa shape index (κ3) is 2.19. The normalized spacial score (nSPS) is 22.1. The SMILES string of the molecule is O=C(C1CC1)C(c1ccccc1F)N1CCCC1. The monoisotopic (exact) mass is 247 g/mol. The minimum Gasteiger partial charge on any atom is -0.297 e. The molecule has 0 spiro atoms. The Labute approximate surface area is 107 Å². The first-order valence-electron chi connectivity index (χ1n) is 6.79. The highest BCUT2D eigenvalue weighted by molar-refractivity contribution is 5.89. The summed E-state index contributed by atoms with van der Waals surface area (Å²) in [5, 5.41) is 0. The highest BCUT2D eigenvalue weighted by atomic mass is 19.1. The Hall–Kier alpha value is -1.22. The van der Waals surface area contributed by atoms with Gasteiger partial charge in [0.05, 0.1) is 6.04 Å². The first-order valence-corrected chi connectivity index (χ1v) is 6.79. The summed E-state index contributed by atoms with van der Waals surface area (Å²) in [7, 11) is 0. The lowest BCUT2D eigenvalue weighted by atomic mass is 9.98. The minimum atomic E-state index is -0.346. The van der Waals surface area contributed by atoms with Crippen molar-refractivity contribution in [2.45, 2.75) is 31.7 Å². The fourth-order valence-electron chi connectivity index (χ4n) is 2.82. The van der Waals surface area contributed by atoms with Gasteiger partial charge >= 0.3 is 0 Å². The van der Waals surface area contributed by atoms with E-state index in [4.69, 9.17) is 0 Å². The smallest absolute Gasteiger partial charge is 0.157 e. The summed E-state index contributed by atoms with van der Waals surface area (Å²) < 4.78 is 14.0. The largest absolute Gasteiger partial charge is 0.297 e. The molecule has 1 aromatic carbocycles. The number of carbonyl (C=O) groups is 1. The molecular formula is C15H18FNO. The van der Waals surface area contributed by atoms with Crippen molar-refractivity contribution in [3.05, 3.63) is 35.6 Å². The van der Waals surface area contributed by atoms with Crippen LogP contribution in [0.25, 0.3) is 0 Å². The Bertz CT molecular complexity index is 450. The van der Waals surface area contributed by atoms with Crippen LogP contribution < -0.4 is 0 Å². The molecular weight excluding hydrogens is 229 g/mol. The van der Waals surface area contributed by atoms with Crippen molar-refractivity contribution in [2.75, 3.05) is 13.1 Å². The molecule has 0 radical (unpaired) electrons. The van der Waals surface area contributed by atoms with Crippen molar-refractivity contribution < 1.29 is 9.18 Å². The summed E-state index contributed by atoms with van der Waals surface area (Å²) in [6, 6.07) is 6.38. The van der Waals surface area contributed by atoms with Gasteiger partial charge in [-0.25, -0.2) is 4.39 Å². The lowest BCUT2D eigenvalue weighted by Gasteiger charge is -2.27. The number of likely N-dealkylation sites (tertiary alicyclic amines) is 1. The average Bonchev–Trinajstić information content (AvgIpc) is 3.10. The molecule has 96 valence electrons. The second-order valence-electron chi connectivity index (χ2n) is 5.34. The van der Waals surface area contributed by atoms with Crippen LogP contribution in [0.15, 0.2) is 24.3 Å². The van der Waals surface area contributed by atoms with E-state index in [0.29, 0.717) is 5.56 Å². The Morgan fingerprint density at radius 3 is 2.50 bits per heavy atom. The van der Waals surface area contributed by atoms with E-state index in [1.807, 2.05) is 6.07 Å². The number of hydrogen-bond donors (Lipinski definition) is 0. The standard InChI is InChI=1S/C15H18FNO/c16-13-6-2-1-5-12(13)14(15(18)11-7-8-11)17-9-3-4-10-17/h1-2,5-6,11,14H,3-4,7-10H2. The second-order valence-corrected chi connectivity index (χ2v) is 5.34. The summed E-state index contributed by atoms with van der Waals surface area (Å²) in [4.78, 5) is 14.6. The molecule has 2 aliphatic rings. The molecule has 3 heteroatoms. The fraction of sp³-hybridized carbons (Fsp3) is 0.533. The Kier molecular flexibility index (Phi) is 3.16. The summed E-state index contributed by atoms with van der Waals surface area (Å²) in [6.07, 6.45) is 4.20. The number of hydrogen-bond acceptors (Lipinski definition) is 2. The zero-order valence-electron chi connectivity index (χ0n) is 10.4. The molecule has 1 saturated carbocycles. The van der Waals surface area contributed by atoms with Crippen LogP contribution in [-0.2, 0) is 4.79 Å². The van der Waals surface area contributed by atoms with Gasteiger partial charge in [0.15, 0.2) is 5.78 Å². The first kappa shape index (κ1) is 11.8. The Morgan fingerprint density at radius 1 is 1.22 bits per heavy atom. The number of benzene rings is 1. The predicted octanol–water partition coefficient (Wildman–Crippen LogP) is 2.94. The molecule has 1 heterocycles. The van der Waals surface area contributed by atoms with Crippen LogP contribution >= 0.6 is 0 Å². The van der Waals surface area contributed by atoms with E-state index in [1.165, 1.54) is 6.07 Å². The summed E-state index contributed by atoms with van der Waals surface area (Å²) in [6.45, 7) is 1.83. The van der Waals surface area contributed by atoms with Gasteiger partial charge in [0.2, 0.25) is 0 Å². The molecule has 1 saturated heterocycles. The molecule has 1 aliphatic heterocycles. The molecule has 1 atom stereocenters. The molecule has 2 nitrogen and oxygen atoms in total.